The van der Waals surface area contributed by atoms with Crippen LogP contribution in [0, 0.1) is 17.8 Å². The molecule has 4 nitrogen and oxygen atoms in total. The highest BCUT2D eigenvalue weighted by molar-refractivity contribution is 5.22. The lowest BCUT2D eigenvalue weighted by Crippen LogP contribution is -2.51. The average molecular weight is 227 g/mol. The Hall–Kier alpha value is -0.420. The SMILES string of the molecule is COC1(OC)[C@@H]2C=C[C@H]1[C@@H]([C@@](C)(N)CO)C2. The fourth-order valence-electron chi connectivity index (χ4n) is 3.30. The number of hydrogen-bond acceptors (Lipinski definition) is 4. The van der Waals surface area contributed by atoms with Crippen LogP contribution in [-0.4, -0.2) is 37.3 Å². The van der Waals surface area contributed by atoms with Gasteiger partial charge in [-0.25, -0.2) is 0 Å². The predicted octanol–water partition coefficient (Wildman–Crippen LogP) is 0.507. The number of hydrogen-bond donors (Lipinski definition) is 2. The van der Waals surface area contributed by atoms with Gasteiger partial charge in [0.1, 0.15) is 0 Å². The summed E-state index contributed by atoms with van der Waals surface area (Å²) in [7, 11) is 3.34. The lowest BCUT2D eigenvalue weighted by molar-refractivity contribution is -0.233. The average Bonchev–Trinajstić information content (AvgIpc) is 2.81. The smallest absolute Gasteiger partial charge is 0.180 e. The van der Waals surface area contributed by atoms with E-state index < -0.39 is 11.3 Å². The van der Waals surface area contributed by atoms with E-state index in [0.29, 0.717) is 0 Å². The Morgan fingerprint density at radius 2 is 2.06 bits per heavy atom. The molecule has 4 heteroatoms. The maximum absolute atomic E-state index is 9.37. The van der Waals surface area contributed by atoms with Crippen molar-refractivity contribution in [2.24, 2.45) is 23.5 Å². The van der Waals surface area contributed by atoms with Crippen LogP contribution in [0.15, 0.2) is 12.2 Å². The molecule has 0 aromatic carbocycles. The van der Waals surface area contributed by atoms with Gasteiger partial charge in [-0.3, -0.25) is 0 Å². The molecule has 92 valence electrons. The first kappa shape index (κ1) is 12.0. The van der Waals surface area contributed by atoms with E-state index >= 15 is 0 Å². The molecule has 0 aliphatic heterocycles. The molecule has 2 rings (SSSR count). The highest BCUT2D eigenvalue weighted by atomic mass is 16.7. The number of rotatable bonds is 4. The summed E-state index contributed by atoms with van der Waals surface area (Å²) in [5.41, 5.74) is 5.57. The van der Waals surface area contributed by atoms with Gasteiger partial charge in [0, 0.05) is 31.6 Å². The zero-order valence-electron chi connectivity index (χ0n) is 10.1. The van der Waals surface area contributed by atoms with Gasteiger partial charge in [-0.2, -0.15) is 0 Å². The third kappa shape index (κ3) is 1.37. The van der Waals surface area contributed by atoms with Gasteiger partial charge in [0.2, 0.25) is 0 Å². The molecule has 2 aliphatic rings. The van der Waals surface area contributed by atoms with Gasteiger partial charge in [-0.1, -0.05) is 12.2 Å². The van der Waals surface area contributed by atoms with Gasteiger partial charge in [-0.05, 0) is 19.3 Å². The topological polar surface area (TPSA) is 64.7 Å². The predicted molar refractivity (Wildman–Crippen MR) is 60.7 cm³/mol. The van der Waals surface area contributed by atoms with Crippen molar-refractivity contribution in [2.45, 2.75) is 24.7 Å². The number of nitrogens with two attached hydrogens (primary N) is 1. The summed E-state index contributed by atoms with van der Waals surface area (Å²) >= 11 is 0. The summed E-state index contributed by atoms with van der Waals surface area (Å²) in [6.45, 7) is 1.88. The summed E-state index contributed by atoms with van der Waals surface area (Å²) in [6, 6.07) is 0. The first-order chi connectivity index (χ1) is 7.51. The number of fused-ring (bicyclic) bond motifs is 2. The van der Waals surface area contributed by atoms with E-state index in [1.54, 1.807) is 14.2 Å². The van der Waals surface area contributed by atoms with Crippen LogP contribution in [0.2, 0.25) is 0 Å². The van der Waals surface area contributed by atoms with Crippen LogP contribution in [0.5, 0.6) is 0 Å². The van der Waals surface area contributed by atoms with Gasteiger partial charge in [0.25, 0.3) is 0 Å². The van der Waals surface area contributed by atoms with Crippen LogP contribution in [0.3, 0.4) is 0 Å². The monoisotopic (exact) mass is 227 g/mol. The largest absolute Gasteiger partial charge is 0.394 e. The molecule has 3 N–H and O–H groups in total. The Morgan fingerprint density at radius 1 is 1.44 bits per heavy atom. The number of aliphatic hydroxyl groups is 1. The number of methoxy groups -OCH3 is 2. The van der Waals surface area contributed by atoms with Crippen LogP contribution >= 0.6 is 0 Å². The lowest BCUT2D eigenvalue weighted by atomic mass is 9.78. The Kier molecular flexibility index (Phi) is 2.87. The van der Waals surface area contributed by atoms with Crippen molar-refractivity contribution in [1.82, 2.24) is 0 Å². The Labute approximate surface area is 96.4 Å². The van der Waals surface area contributed by atoms with E-state index in [9.17, 15) is 5.11 Å². The third-order valence-electron chi connectivity index (χ3n) is 4.30. The van der Waals surface area contributed by atoms with Crippen molar-refractivity contribution in [3.63, 3.8) is 0 Å². The highest BCUT2D eigenvalue weighted by Gasteiger charge is 2.60. The van der Waals surface area contributed by atoms with Crippen LogP contribution in [-0.2, 0) is 9.47 Å². The summed E-state index contributed by atoms with van der Waals surface area (Å²) < 4.78 is 11.2. The molecule has 0 heterocycles. The minimum absolute atomic E-state index is 0.0156. The maximum atomic E-state index is 9.37. The minimum atomic E-state index is -0.577. The standard InChI is InChI=1S/C12H21NO3/c1-11(13,7-14)10-6-8-4-5-9(10)12(8,15-2)16-3/h4-5,8-10,14H,6-7,13H2,1-3H3/t8-,9+,10+,11+/m1/s1. The van der Waals surface area contributed by atoms with Gasteiger partial charge in [-0.15, -0.1) is 0 Å². The van der Waals surface area contributed by atoms with E-state index in [2.05, 4.69) is 12.2 Å². The first-order valence-electron chi connectivity index (χ1n) is 5.70. The zero-order chi connectivity index (χ0) is 12.0. The molecule has 1 saturated carbocycles. The van der Waals surface area contributed by atoms with E-state index in [4.69, 9.17) is 15.2 Å². The Bertz CT molecular complexity index is 297. The second-order valence-electron chi connectivity index (χ2n) is 5.15. The molecule has 1 fully saturated rings. The molecular formula is C12H21NO3. The molecule has 0 amide bonds. The van der Waals surface area contributed by atoms with Gasteiger partial charge in [0.15, 0.2) is 5.79 Å². The molecule has 0 radical (unpaired) electrons. The molecule has 2 bridgehead atoms. The highest BCUT2D eigenvalue weighted by Crippen LogP contribution is 2.55. The fourth-order valence-corrected chi connectivity index (χ4v) is 3.30. The molecular weight excluding hydrogens is 206 g/mol. The molecule has 0 aromatic rings. The molecule has 0 spiro atoms. The minimum Gasteiger partial charge on any atom is -0.394 e. The van der Waals surface area contributed by atoms with Crippen molar-refractivity contribution in [2.75, 3.05) is 20.8 Å². The van der Waals surface area contributed by atoms with E-state index in [1.165, 1.54) is 0 Å². The van der Waals surface area contributed by atoms with E-state index in [1.807, 2.05) is 6.92 Å². The summed E-state index contributed by atoms with van der Waals surface area (Å²) in [4.78, 5) is 0. The molecule has 4 atom stereocenters. The summed E-state index contributed by atoms with van der Waals surface area (Å²) in [6.07, 6.45) is 5.17. The van der Waals surface area contributed by atoms with Gasteiger partial charge in [0.05, 0.1) is 6.61 Å². The van der Waals surface area contributed by atoms with Crippen LogP contribution in [0.1, 0.15) is 13.3 Å². The second-order valence-corrected chi connectivity index (χ2v) is 5.15. The zero-order valence-corrected chi connectivity index (χ0v) is 10.1. The lowest BCUT2D eigenvalue weighted by Gasteiger charge is -2.37. The Morgan fingerprint density at radius 3 is 2.50 bits per heavy atom. The number of aliphatic hydroxyl groups excluding tert-OH is 1. The second kappa shape index (κ2) is 3.81. The normalized spacial score (nSPS) is 38.9. The van der Waals surface area contributed by atoms with Crippen molar-refractivity contribution >= 4 is 0 Å². The molecule has 2 aliphatic carbocycles. The van der Waals surface area contributed by atoms with Crippen LogP contribution in [0.4, 0.5) is 0 Å². The summed E-state index contributed by atoms with van der Waals surface area (Å²) in [5, 5.41) is 9.37. The van der Waals surface area contributed by atoms with Crippen molar-refractivity contribution in [3.8, 4) is 0 Å². The van der Waals surface area contributed by atoms with Crippen molar-refractivity contribution < 1.29 is 14.6 Å². The molecule has 0 saturated heterocycles. The first-order valence-corrected chi connectivity index (χ1v) is 5.70. The third-order valence-corrected chi connectivity index (χ3v) is 4.30. The van der Waals surface area contributed by atoms with Crippen molar-refractivity contribution in [3.05, 3.63) is 12.2 Å². The fraction of sp³-hybridized carbons (Fsp3) is 0.833. The Balaban J connectivity index is 2.28. The van der Waals surface area contributed by atoms with E-state index in [0.717, 1.165) is 6.42 Å². The molecule has 0 unspecified atom stereocenters. The van der Waals surface area contributed by atoms with Crippen LogP contribution in [0.25, 0.3) is 0 Å². The van der Waals surface area contributed by atoms with Crippen LogP contribution < -0.4 is 5.73 Å². The van der Waals surface area contributed by atoms with Gasteiger partial charge >= 0.3 is 0 Å². The number of ether oxygens (including phenoxy) is 2. The summed E-state index contributed by atoms with van der Waals surface area (Å²) in [5.74, 6) is 0.00877. The molecule has 0 aromatic heterocycles. The van der Waals surface area contributed by atoms with E-state index in [-0.39, 0.29) is 24.4 Å². The van der Waals surface area contributed by atoms with Crippen molar-refractivity contribution in [1.29, 1.82) is 0 Å². The quantitative estimate of drug-likeness (QED) is 0.542. The molecule has 16 heavy (non-hydrogen) atoms. The maximum Gasteiger partial charge on any atom is 0.180 e. The van der Waals surface area contributed by atoms with Gasteiger partial charge < -0.3 is 20.3 Å².